The van der Waals surface area contributed by atoms with Gasteiger partial charge >= 0.3 is 0 Å². The zero-order valence-corrected chi connectivity index (χ0v) is 25.6. The SMILES string of the molecule is CCCCCCCn1c(O)c(-c2cc(C)c3ccc(N(CC)CC)cc3n2)c(=O)n(CCCCCCC)c1=S. The fourth-order valence-electron chi connectivity index (χ4n) is 5.36. The molecule has 0 unspecified atom stereocenters. The first kappa shape index (κ1) is 30.9. The fraction of sp³-hybridized carbons (Fsp3) is 0.594. The van der Waals surface area contributed by atoms with Gasteiger partial charge in [-0.15, -0.1) is 0 Å². The Hall–Kier alpha value is -2.67. The van der Waals surface area contributed by atoms with Gasteiger partial charge in [0.2, 0.25) is 5.88 Å². The molecular weight excluding hydrogens is 504 g/mol. The van der Waals surface area contributed by atoms with E-state index in [9.17, 15) is 9.90 Å². The molecule has 2 heterocycles. The number of nitrogens with zero attached hydrogens (tertiary/aromatic N) is 4. The van der Waals surface area contributed by atoms with Gasteiger partial charge in [-0.2, -0.15) is 0 Å². The Balaban J connectivity index is 2.11. The van der Waals surface area contributed by atoms with E-state index in [-0.39, 0.29) is 17.0 Å². The molecular formula is C32H48N4O2S. The van der Waals surface area contributed by atoms with E-state index in [2.05, 4.69) is 50.8 Å². The quantitative estimate of drug-likeness (QED) is 0.143. The normalized spacial score (nSPS) is 11.4. The first-order valence-electron chi connectivity index (χ1n) is 15.1. The second-order valence-electron chi connectivity index (χ2n) is 10.6. The van der Waals surface area contributed by atoms with Crippen molar-refractivity contribution in [1.82, 2.24) is 14.1 Å². The first-order chi connectivity index (χ1) is 18.9. The van der Waals surface area contributed by atoms with Gasteiger partial charge in [-0.1, -0.05) is 71.3 Å². The summed E-state index contributed by atoms with van der Waals surface area (Å²) >= 11 is 5.79. The third kappa shape index (κ3) is 7.50. The van der Waals surface area contributed by atoms with Crippen LogP contribution in [0.2, 0.25) is 0 Å². The molecule has 1 aromatic carbocycles. The van der Waals surface area contributed by atoms with E-state index in [0.29, 0.717) is 23.6 Å². The second-order valence-corrected chi connectivity index (χ2v) is 11.0. The number of rotatable bonds is 16. The van der Waals surface area contributed by atoms with Crippen LogP contribution in [0.25, 0.3) is 22.2 Å². The summed E-state index contributed by atoms with van der Waals surface area (Å²) in [5, 5.41) is 12.5. The summed E-state index contributed by atoms with van der Waals surface area (Å²) in [6.45, 7) is 13.7. The molecule has 0 atom stereocenters. The molecule has 3 aromatic rings. The molecule has 0 aliphatic heterocycles. The third-order valence-corrected chi connectivity index (χ3v) is 8.20. The van der Waals surface area contributed by atoms with E-state index in [0.717, 1.165) is 73.8 Å². The van der Waals surface area contributed by atoms with Gasteiger partial charge in [0.1, 0.15) is 5.56 Å². The maximum Gasteiger partial charge on any atom is 0.267 e. The highest BCUT2D eigenvalue weighted by atomic mass is 32.1. The van der Waals surface area contributed by atoms with Crippen LogP contribution in [0.15, 0.2) is 29.1 Å². The van der Waals surface area contributed by atoms with Crippen LogP contribution in [-0.4, -0.2) is 32.3 Å². The average Bonchev–Trinajstić information content (AvgIpc) is 2.92. The standard InChI is InChI=1S/C32H48N4O2S/c1-6-10-12-14-16-20-35-30(37)29(31(38)36(32(35)39)21-17-15-13-11-7-2)28-22-24(5)26-19-18-25(23-27(26)33-28)34(8-3)9-4/h18-19,22-23,37H,6-17,20-21H2,1-5H3. The van der Waals surface area contributed by atoms with Crippen molar-refractivity contribution in [3.05, 3.63) is 45.0 Å². The Morgan fingerprint density at radius 3 is 2.03 bits per heavy atom. The highest BCUT2D eigenvalue weighted by molar-refractivity contribution is 7.71. The predicted octanol–water partition coefficient (Wildman–Crippen LogP) is 8.40. The van der Waals surface area contributed by atoms with Gasteiger partial charge < -0.3 is 10.0 Å². The second kappa shape index (κ2) is 15.2. The van der Waals surface area contributed by atoms with Crippen LogP contribution in [0.1, 0.15) is 97.5 Å². The predicted molar refractivity (Wildman–Crippen MR) is 168 cm³/mol. The van der Waals surface area contributed by atoms with E-state index in [1.165, 1.54) is 25.7 Å². The van der Waals surface area contributed by atoms with Crippen molar-refractivity contribution in [2.75, 3.05) is 18.0 Å². The van der Waals surface area contributed by atoms with Crippen molar-refractivity contribution in [2.24, 2.45) is 0 Å². The minimum absolute atomic E-state index is 0.0612. The molecule has 0 fully saturated rings. The van der Waals surface area contributed by atoms with E-state index >= 15 is 0 Å². The molecule has 2 aromatic heterocycles. The molecule has 0 bridgehead atoms. The van der Waals surface area contributed by atoms with Gasteiger partial charge in [0, 0.05) is 37.3 Å². The zero-order valence-electron chi connectivity index (χ0n) is 24.8. The Kier molecular flexibility index (Phi) is 12.0. The summed E-state index contributed by atoms with van der Waals surface area (Å²) in [4.78, 5) is 21.1. The van der Waals surface area contributed by atoms with Gasteiger partial charge in [0.05, 0.1) is 11.2 Å². The summed E-state index contributed by atoms with van der Waals surface area (Å²) in [7, 11) is 0. The topological polar surface area (TPSA) is 63.3 Å². The highest BCUT2D eigenvalue weighted by Crippen LogP contribution is 2.31. The smallest absolute Gasteiger partial charge is 0.267 e. The number of hydrogen-bond donors (Lipinski definition) is 1. The minimum Gasteiger partial charge on any atom is -0.494 e. The Labute approximate surface area is 239 Å². The number of aromatic nitrogens is 3. The van der Waals surface area contributed by atoms with Crippen LogP contribution in [0, 0.1) is 11.7 Å². The van der Waals surface area contributed by atoms with Crippen molar-refractivity contribution >= 4 is 28.8 Å². The van der Waals surface area contributed by atoms with Crippen molar-refractivity contribution in [3.63, 3.8) is 0 Å². The average molecular weight is 553 g/mol. The van der Waals surface area contributed by atoms with Crippen LogP contribution in [-0.2, 0) is 13.1 Å². The van der Waals surface area contributed by atoms with Crippen LogP contribution < -0.4 is 10.5 Å². The monoisotopic (exact) mass is 552 g/mol. The van der Waals surface area contributed by atoms with E-state index < -0.39 is 0 Å². The molecule has 0 radical (unpaired) electrons. The zero-order chi connectivity index (χ0) is 28.4. The maximum absolute atomic E-state index is 13.9. The van der Waals surface area contributed by atoms with Gasteiger partial charge in [0.15, 0.2) is 4.77 Å². The summed E-state index contributed by atoms with van der Waals surface area (Å²) < 4.78 is 3.86. The molecule has 0 saturated heterocycles. The molecule has 0 spiro atoms. The van der Waals surface area contributed by atoms with Crippen molar-refractivity contribution in [2.45, 2.75) is 112 Å². The van der Waals surface area contributed by atoms with Crippen molar-refractivity contribution in [1.29, 1.82) is 0 Å². The lowest BCUT2D eigenvalue weighted by Crippen LogP contribution is -2.27. The van der Waals surface area contributed by atoms with Crippen molar-refractivity contribution in [3.8, 4) is 17.1 Å². The number of aromatic hydroxyl groups is 1. The molecule has 214 valence electrons. The van der Waals surface area contributed by atoms with Gasteiger partial charge in [-0.05, 0) is 69.6 Å². The van der Waals surface area contributed by atoms with Gasteiger partial charge in [-0.25, -0.2) is 4.98 Å². The van der Waals surface area contributed by atoms with E-state index in [1.54, 1.807) is 9.13 Å². The summed E-state index contributed by atoms with van der Waals surface area (Å²) in [6.07, 6.45) is 11.0. The minimum atomic E-state index is -0.249. The Morgan fingerprint density at radius 2 is 1.44 bits per heavy atom. The third-order valence-electron chi connectivity index (χ3n) is 7.76. The molecule has 7 heteroatoms. The first-order valence-corrected chi connectivity index (χ1v) is 15.5. The summed E-state index contributed by atoms with van der Waals surface area (Å²) in [5.41, 5.74) is 3.47. The lowest BCUT2D eigenvalue weighted by atomic mass is 10.1. The Bertz CT molecular complexity index is 1340. The largest absolute Gasteiger partial charge is 0.494 e. The molecule has 0 amide bonds. The van der Waals surface area contributed by atoms with E-state index in [4.69, 9.17) is 17.2 Å². The number of aryl methyl sites for hydroxylation is 1. The van der Waals surface area contributed by atoms with Crippen LogP contribution in [0.4, 0.5) is 5.69 Å². The maximum atomic E-state index is 13.9. The molecule has 0 saturated carbocycles. The van der Waals surface area contributed by atoms with Gasteiger partial charge in [0.25, 0.3) is 5.56 Å². The number of pyridine rings is 1. The number of anilines is 1. The van der Waals surface area contributed by atoms with Crippen LogP contribution in [0.5, 0.6) is 5.88 Å². The Morgan fingerprint density at radius 1 is 0.846 bits per heavy atom. The number of hydrogen-bond acceptors (Lipinski definition) is 5. The van der Waals surface area contributed by atoms with Crippen LogP contribution in [0.3, 0.4) is 0 Å². The van der Waals surface area contributed by atoms with Crippen molar-refractivity contribution < 1.29 is 5.11 Å². The number of fused-ring (bicyclic) bond motifs is 1. The number of unbranched alkanes of at least 4 members (excludes halogenated alkanes) is 8. The molecule has 0 aliphatic rings. The molecule has 3 rings (SSSR count). The lowest BCUT2D eigenvalue weighted by Gasteiger charge is -2.21. The lowest BCUT2D eigenvalue weighted by molar-refractivity contribution is 0.387. The van der Waals surface area contributed by atoms with Crippen LogP contribution >= 0.6 is 12.2 Å². The summed E-state index contributed by atoms with van der Waals surface area (Å²) in [5.74, 6) is -0.0612. The van der Waals surface area contributed by atoms with E-state index in [1.807, 2.05) is 13.0 Å². The fourth-order valence-corrected chi connectivity index (χ4v) is 5.71. The number of benzene rings is 1. The molecule has 0 aliphatic carbocycles. The van der Waals surface area contributed by atoms with Gasteiger partial charge in [-0.3, -0.25) is 13.9 Å². The molecule has 39 heavy (non-hydrogen) atoms. The highest BCUT2D eigenvalue weighted by Gasteiger charge is 2.21. The molecule has 6 nitrogen and oxygen atoms in total. The molecule has 1 N–H and O–H groups in total. The summed E-state index contributed by atoms with van der Waals surface area (Å²) in [6, 6.07) is 8.25.